The molecule has 0 aliphatic carbocycles. The van der Waals surface area contributed by atoms with E-state index in [-0.39, 0.29) is 0 Å². The maximum atomic E-state index is 10.1. The normalized spacial score (nSPS) is 11.8. The first-order valence-corrected chi connectivity index (χ1v) is 7.30. The third-order valence-electron chi connectivity index (χ3n) is 2.03. The number of nitrogens with zero attached hydrogens (tertiary/aromatic N) is 1. The summed E-state index contributed by atoms with van der Waals surface area (Å²) in [6, 6.07) is 8.17. The predicted octanol–water partition coefficient (Wildman–Crippen LogP) is 1.26. The summed E-state index contributed by atoms with van der Waals surface area (Å²) in [6.07, 6.45) is 4.69. The van der Waals surface area contributed by atoms with E-state index < -0.39 is 10.1 Å². The molecule has 0 bridgehead atoms. The fraction of sp³-hybridized carbons (Fsp3) is 0.308. The number of carbonyl (C=O) groups excluding carboxylic acids is 1. The van der Waals surface area contributed by atoms with E-state index in [0.29, 0.717) is 6.26 Å². The summed E-state index contributed by atoms with van der Waals surface area (Å²) in [5.41, 5.74) is 2.29. The van der Waals surface area contributed by atoms with Gasteiger partial charge in [0.15, 0.2) is 0 Å². The topological polar surface area (TPSA) is 74.3 Å². The van der Waals surface area contributed by atoms with Crippen LogP contribution in [0.3, 0.4) is 0 Å². The van der Waals surface area contributed by atoms with Gasteiger partial charge in [-0.2, -0.15) is 0 Å². The summed E-state index contributed by atoms with van der Waals surface area (Å²) >= 11 is 0. The lowest BCUT2D eigenvalue weighted by atomic mass is 10.2. The van der Waals surface area contributed by atoms with Crippen molar-refractivity contribution in [3.05, 3.63) is 35.9 Å². The van der Waals surface area contributed by atoms with E-state index in [4.69, 9.17) is 13.0 Å². The van der Waals surface area contributed by atoms with Crippen LogP contribution in [0.4, 0.5) is 5.69 Å². The molecule has 0 saturated heterocycles. The second-order valence-electron chi connectivity index (χ2n) is 4.80. The van der Waals surface area contributed by atoms with Gasteiger partial charge in [-0.15, -0.1) is 0 Å². The van der Waals surface area contributed by atoms with Crippen molar-refractivity contribution in [3.63, 3.8) is 0 Å². The molecule has 0 spiro atoms. The van der Waals surface area contributed by atoms with Crippen LogP contribution in [0.5, 0.6) is 0 Å². The first kappa shape index (κ1) is 17.5. The Kier molecular flexibility index (Phi) is 6.61. The van der Waals surface area contributed by atoms with E-state index in [2.05, 4.69) is 33.3 Å². The minimum Gasteiger partial charge on any atom is -0.748 e. The molecular formula is C13H19NO4S. The quantitative estimate of drug-likeness (QED) is 0.362. The molecule has 1 aromatic carbocycles. The number of rotatable bonds is 3. The summed E-state index contributed by atoms with van der Waals surface area (Å²) in [5, 5.41) is 0. The average molecular weight is 285 g/mol. The van der Waals surface area contributed by atoms with Gasteiger partial charge in [-0.05, 0) is 35.9 Å². The second-order valence-corrected chi connectivity index (χ2v) is 6.21. The first-order chi connectivity index (χ1) is 8.54. The van der Waals surface area contributed by atoms with Crippen LogP contribution in [0.1, 0.15) is 5.56 Å². The van der Waals surface area contributed by atoms with E-state index in [1.807, 2.05) is 12.1 Å². The molecule has 0 saturated carbocycles. The molecular weight excluding hydrogens is 266 g/mol. The lowest BCUT2D eigenvalue weighted by molar-refractivity contribution is -0.104. The fourth-order valence-corrected chi connectivity index (χ4v) is 1.18. The van der Waals surface area contributed by atoms with Gasteiger partial charge in [0.25, 0.3) is 0 Å². The Morgan fingerprint density at radius 3 is 1.84 bits per heavy atom. The van der Waals surface area contributed by atoms with Crippen LogP contribution in [0, 0.1) is 0 Å². The highest BCUT2D eigenvalue weighted by Crippen LogP contribution is 2.17. The van der Waals surface area contributed by atoms with Crippen LogP contribution >= 0.6 is 0 Å². The van der Waals surface area contributed by atoms with Gasteiger partial charge < -0.3 is 4.55 Å². The van der Waals surface area contributed by atoms with Crippen LogP contribution in [-0.4, -0.2) is 46.7 Å². The number of carbonyl (C=O) groups is 1. The Morgan fingerprint density at radius 2 is 1.53 bits per heavy atom. The predicted molar refractivity (Wildman–Crippen MR) is 76.7 cm³/mol. The molecule has 0 aromatic heterocycles. The van der Waals surface area contributed by atoms with Crippen molar-refractivity contribution >= 4 is 28.2 Å². The monoisotopic (exact) mass is 285 g/mol. The number of quaternary nitrogens is 1. The lowest BCUT2D eigenvalue weighted by Gasteiger charge is -2.23. The number of hydrogen-bond donors (Lipinski definition) is 0. The zero-order chi connectivity index (χ0) is 15.1. The molecule has 5 nitrogen and oxygen atoms in total. The first-order valence-electron chi connectivity index (χ1n) is 5.49. The molecule has 0 atom stereocenters. The summed E-state index contributed by atoms with van der Waals surface area (Å²) in [5.74, 6) is 0. The Balaban J connectivity index is 0.000000555. The molecule has 19 heavy (non-hydrogen) atoms. The third-order valence-corrected chi connectivity index (χ3v) is 2.03. The molecule has 0 unspecified atom stereocenters. The number of allylic oxidation sites excluding steroid dienone is 1. The highest BCUT2D eigenvalue weighted by Gasteiger charge is 2.10. The molecule has 0 aliphatic rings. The van der Waals surface area contributed by atoms with Gasteiger partial charge in [-0.3, -0.25) is 9.28 Å². The van der Waals surface area contributed by atoms with Crippen LogP contribution < -0.4 is 4.48 Å². The van der Waals surface area contributed by atoms with Crippen LogP contribution in [0.2, 0.25) is 0 Å². The Labute approximate surface area is 114 Å². The molecule has 0 amide bonds. The minimum atomic E-state index is -3.92. The van der Waals surface area contributed by atoms with E-state index in [0.717, 1.165) is 16.3 Å². The van der Waals surface area contributed by atoms with Gasteiger partial charge in [-0.1, -0.05) is 6.08 Å². The molecule has 106 valence electrons. The SMILES string of the molecule is CS(=O)(=O)[O-].C[N+](C)(C)c1ccc(C=CC=O)cc1. The van der Waals surface area contributed by atoms with Gasteiger partial charge in [0.2, 0.25) is 0 Å². The van der Waals surface area contributed by atoms with Crippen LogP contribution in [0.15, 0.2) is 30.3 Å². The molecule has 0 N–H and O–H groups in total. The van der Waals surface area contributed by atoms with Gasteiger partial charge in [0.1, 0.15) is 12.0 Å². The Morgan fingerprint density at radius 1 is 1.11 bits per heavy atom. The Hall–Kier alpha value is -1.50. The number of benzene rings is 1. The molecule has 0 aliphatic heterocycles. The molecule has 1 rings (SSSR count). The van der Waals surface area contributed by atoms with Crippen molar-refractivity contribution in [1.82, 2.24) is 4.48 Å². The molecule has 0 heterocycles. The molecule has 0 radical (unpaired) electrons. The maximum Gasteiger partial charge on any atom is 0.142 e. The second kappa shape index (κ2) is 7.18. The van der Waals surface area contributed by atoms with Crippen molar-refractivity contribution < 1.29 is 17.8 Å². The van der Waals surface area contributed by atoms with Crippen molar-refractivity contribution in [3.8, 4) is 0 Å². The minimum absolute atomic E-state index is 0.604. The van der Waals surface area contributed by atoms with Crippen molar-refractivity contribution in [2.24, 2.45) is 0 Å². The van der Waals surface area contributed by atoms with E-state index in [9.17, 15) is 4.79 Å². The van der Waals surface area contributed by atoms with Gasteiger partial charge in [-0.25, -0.2) is 8.42 Å². The lowest BCUT2D eigenvalue weighted by Crippen LogP contribution is -2.34. The Bertz CT molecular complexity index is 517. The molecule has 0 fully saturated rings. The number of hydrogen-bond acceptors (Lipinski definition) is 4. The molecule has 1 aromatic rings. The van der Waals surface area contributed by atoms with Gasteiger partial charge >= 0.3 is 0 Å². The van der Waals surface area contributed by atoms with E-state index in [1.165, 1.54) is 11.8 Å². The standard InChI is InChI=1S/C12H16NO.CH4O3S/c1-13(2,3)12-8-6-11(7-9-12)5-4-10-14;1-5(2,3)4/h4-10H,1-3H3;1H3,(H,2,3,4)/q+1;/p-1. The van der Waals surface area contributed by atoms with Crippen molar-refractivity contribution in [1.29, 1.82) is 0 Å². The summed E-state index contributed by atoms with van der Waals surface area (Å²) < 4.78 is 28.0. The van der Waals surface area contributed by atoms with Crippen LogP contribution in [0.25, 0.3) is 6.08 Å². The van der Waals surface area contributed by atoms with E-state index in [1.54, 1.807) is 6.08 Å². The summed E-state index contributed by atoms with van der Waals surface area (Å²) in [6.45, 7) is 0. The maximum absolute atomic E-state index is 10.1. The summed E-state index contributed by atoms with van der Waals surface area (Å²) in [4.78, 5) is 10.1. The number of aldehydes is 1. The smallest absolute Gasteiger partial charge is 0.142 e. The zero-order valence-corrected chi connectivity index (χ0v) is 12.3. The largest absolute Gasteiger partial charge is 0.748 e. The van der Waals surface area contributed by atoms with E-state index >= 15 is 0 Å². The molecule has 6 heteroatoms. The van der Waals surface area contributed by atoms with Gasteiger partial charge in [0, 0.05) is 6.26 Å². The average Bonchev–Trinajstić information content (AvgIpc) is 2.23. The highest BCUT2D eigenvalue weighted by molar-refractivity contribution is 7.84. The van der Waals surface area contributed by atoms with Crippen molar-refractivity contribution in [2.45, 2.75) is 0 Å². The highest BCUT2D eigenvalue weighted by atomic mass is 32.2. The zero-order valence-electron chi connectivity index (χ0n) is 11.5. The van der Waals surface area contributed by atoms with Gasteiger partial charge in [0.05, 0.1) is 31.3 Å². The van der Waals surface area contributed by atoms with Crippen molar-refractivity contribution in [2.75, 3.05) is 27.4 Å². The fourth-order valence-electron chi connectivity index (χ4n) is 1.18. The third kappa shape index (κ3) is 10.1. The van der Waals surface area contributed by atoms with Crippen LogP contribution in [-0.2, 0) is 14.9 Å². The summed E-state index contributed by atoms with van der Waals surface area (Å²) in [7, 11) is 2.45.